The Morgan fingerprint density at radius 3 is 1.68 bits per heavy atom. The molecule has 0 amide bonds. The van der Waals surface area contributed by atoms with Crippen LogP contribution < -0.4 is 0 Å². The van der Waals surface area contributed by atoms with Gasteiger partial charge >= 0.3 is 12.4 Å². The maximum Gasteiger partial charge on any atom is 0.417 e. The van der Waals surface area contributed by atoms with Crippen LogP contribution in [0.5, 0.6) is 0 Å². The quantitative estimate of drug-likeness (QED) is 0.373. The van der Waals surface area contributed by atoms with E-state index in [1.165, 1.54) is 0 Å². The molecule has 1 rings (SSSR count). The molecule has 0 aliphatic heterocycles. The van der Waals surface area contributed by atoms with Gasteiger partial charge in [-0.3, -0.25) is 0 Å². The first kappa shape index (κ1) is 16.8. The van der Waals surface area contributed by atoms with Crippen molar-refractivity contribution < 1.29 is 34.8 Å². The molecule has 0 saturated heterocycles. The maximum atomic E-state index is 12.6. The summed E-state index contributed by atoms with van der Waals surface area (Å²) in [7, 11) is -0.221. The Morgan fingerprint density at radius 2 is 1.37 bits per heavy atom. The van der Waals surface area contributed by atoms with E-state index in [9.17, 15) is 34.8 Å². The molecule has 0 bridgehead atoms. The second kappa shape index (κ2) is 4.95. The topological polar surface area (TPSA) is 34.1 Å². The molecular formula is C8H2ClF6IO2S. The lowest BCUT2D eigenvalue weighted by molar-refractivity contribution is -0.143. The zero-order valence-corrected chi connectivity index (χ0v) is 12.1. The lowest BCUT2D eigenvalue weighted by Crippen LogP contribution is -2.15. The van der Waals surface area contributed by atoms with Gasteiger partial charge in [0.2, 0.25) is 0 Å². The van der Waals surface area contributed by atoms with Crippen molar-refractivity contribution in [3.8, 4) is 0 Å². The van der Waals surface area contributed by atoms with Gasteiger partial charge in [0.15, 0.2) is 0 Å². The molecule has 0 aliphatic carbocycles. The molecule has 0 aliphatic rings. The van der Waals surface area contributed by atoms with Crippen molar-refractivity contribution >= 4 is 42.3 Å². The highest BCUT2D eigenvalue weighted by Gasteiger charge is 2.41. The summed E-state index contributed by atoms with van der Waals surface area (Å²) in [4.78, 5) is -1.62. The molecule has 2 nitrogen and oxygen atoms in total. The second-order valence-corrected chi connectivity index (χ2v) is 6.96. The zero-order valence-electron chi connectivity index (χ0n) is 8.40. The summed E-state index contributed by atoms with van der Waals surface area (Å²) in [6.07, 6.45) is -10.1. The van der Waals surface area contributed by atoms with Gasteiger partial charge in [0.05, 0.1) is 16.0 Å². The van der Waals surface area contributed by atoms with E-state index < -0.39 is 41.0 Å². The van der Waals surface area contributed by atoms with Gasteiger partial charge in [-0.15, -0.1) is 0 Å². The molecule has 108 valence electrons. The summed E-state index contributed by atoms with van der Waals surface area (Å²) in [5, 5.41) is 0. The SMILES string of the molecule is O=S(=O)(Cl)c1cc(C(F)(F)F)c(I)cc1C(F)(F)F. The van der Waals surface area contributed by atoms with E-state index in [0.717, 1.165) is 22.6 Å². The molecule has 0 saturated carbocycles. The summed E-state index contributed by atoms with van der Waals surface area (Å²) >= 11 is 1.04. The molecule has 0 fully saturated rings. The van der Waals surface area contributed by atoms with E-state index in [4.69, 9.17) is 10.7 Å². The largest absolute Gasteiger partial charge is 0.417 e. The highest BCUT2D eigenvalue weighted by atomic mass is 127. The van der Waals surface area contributed by atoms with Crippen molar-refractivity contribution in [2.45, 2.75) is 17.2 Å². The zero-order chi connectivity index (χ0) is 15.2. The Bertz CT molecular complexity index is 607. The van der Waals surface area contributed by atoms with Crippen molar-refractivity contribution in [2.75, 3.05) is 0 Å². The number of rotatable bonds is 1. The summed E-state index contributed by atoms with van der Waals surface area (Å²) in [6.45, 7) is 0. The Balaban J connectivity index is 3.76. The molecular weight excluding hydrogens is 436 g/mol. The van der Waals surface area contributed by atoms with Crippen molar-refractivity contribution in [1.82, 2.24) is 0 Å². The molecule has 0 spiro atoms. The third kappa shape index (κ3) is 3.88. The summed E-state index contributed by atoms with van der Waals surface area (Å²) < 4.78 is 96.5. The molecule has 0 atom stereocenters. The number of hydrogen-bond acceptors (Lipinski definition) is 2. The lowest BCUT2D eigenvalue weighted by atomic mass is 10.1. The first-order chi connectivity index (χ1) is 8.24. The predicted octanol–water partition coefficient (Wildman–Crippen LogP) is 4.26. The molecule has 0 heterocycles. The molecule has 0 aromatic heterocycles. The Morgan fingerprint density at radius 1 is 0.947 bits per heavy atom. The van der Waals surface area contributed by atoms with E-state index in [-0.39, 0.29) is 12.1 Å². The number of halogens is 8. The van der Waals surface area contributed by atoms with Gasteiger partial charge in [-0.1, -0.05) is 0 Å². The smallest absolute Gasteiger partial charge is 0.207 e. The van der Waals surface area contributed by atoms with Crippen LogP contribution in [0.25, 0.3) is 0 Å². The van der Waals surface area contributed by atoms with Crippen molar-refractivity contribution in [3.05, 3.63) is 26.8 Å². The highest BCUT2D eigenvalue weighted by Crippen LogP contribution is 2.41. The standard InChI is InChI=1S/C8H2ClF6IO2S/c9-19(17,18)6-2-3(7(10,11)12)5(16)1-4(6)8(13,14)15/h1-2H. The fourth-order valence-electron chi connectivity index (χ4n) is 1.19. The molecule has 1 aromatic rings. The van der Waals surface area contributed by atoms with Crippen LogP contribution in [-0.4, -0.2) is 8.42 Å². The van der Waals surface area contributed by atoms with Gasteiger partial charge < -0.3 is 0 Å². The van der Waals surface area contributed by atoms with Gasteiger partial charge in [-0.05, 0) is 34.7 Å². The van der Waals surface area contributed by atoms with E-state index in [2.05, 4.69) is 0 Å². The lowest BCUT2D eigenvalue weighted by Gasteiger charge is -2.15. The second-order valence-electron chi connectivity index (χ2n) is 3.26. The fourth-order valence-corrected chi connectivity index (χ4v) is 3.05. The molecule has 11 heteroatoms. The van der Waals surface area contributed by atoms with E-state index >= 15 is 0 Å². The Hall–Kier alpha value is -0.230. The Kier molecular flexibility index (Phi) is 4.38. The molecule has 19 heavy (non-hydrogen) atoms. The van der Waals surface area contributed by atoms with Crippen LogP contribution in [0.3, 0.4) is 0 Å². The van der Waals surface area contributed by atoms with Crippen LogP contribution in [0, 0.1) is 3.57 Å². The summed E-state index contributed by atoms with van der Waals surface area (Å²) in [5.74, 6) is 0. The van der Waals surface area contributed by atoms with Crippen LogP contribution in [0.15, 0.2) is 17.0 Å². The average Bonchev–Trinajstić information content (AvgIpc) is 2.11. The monoisotopic (exact) mass is 438 g/mol. The first-order valence-corrected chi connectivity index (χ1v) is 7.56. The van der Waals surface area contributed by atoms with Gasteiger partial charge in [0.25, 0.3) is 9.05 Å². The van der Waals surface area contributed by atoms with Gasteiger partial charge in [-0.2, -0.15) is 26.3 Å². The van der Waals surface area contributed by atoms with Crippen LogP contribution in [0.2, 0.25) is 0 Å². The van der Waals surface area contributed by atoms with Gasteiger partial charge in [0.1, 0.15) is 0 Å². The first-order valence-electron chi connectivity index (χ1n) is 4.17. The normalized spacial score (nSPS) is 13.7. The minimum absolute atomic E-state index is 0.0959. The minimum Gasteiger partial charge on any atom is -0.207 e. The molecule has 0 N–H and O–H groups in total. The van der Waals surface area contributed by atoms with E-state index in [1.54, 1.807) is 0 Å². The third-order valence-corrected chi connectivity index (χ3v) is 4.20. The Labute approximate surface area is 121 Å². The predicted molar refractivity (Wildman–Crippen MR) is 62.2 cm³/mol. The molecule has 1 aromatic carbocycles. The van der Waals surface area contributed by atoms with Gasteiger partial charge in [0, 0.05) is 14.3 Å². The highest BCUT2D eigenvalue weighted by molar-refractivity contribution is 14.1. The number of hydrogen-bond donors (Lipinski definition) is 0. The molecule has 0 radical (unpaired) electrons. The van der Waals surface area contributed by atoms with Crippen molar-refractivity contribution in [3.63, 3.8) is 0 Å². The van der Waals surface area contributed by atoms with Crippen LogP contribution >= 0.6 is 33.3 Å². The van der Waals surface area contributed by atoms with Crippen molar-refractivity contribution in [1.29, 1.82) is 0 Å². The van der Waals surface area contributed by atoms with Crippen LogP contribution in [0.1, 0.15) is 11.1 Å². The summed E-state index contributed by atoms with van der Waals surface area (Å²) in [6, 6.07) is -0.0222. The third-order valence-electron chi connectivity index (χ3n) is 1.94. The fraction of sp³-hybridized carbons (Fsp3) is 0.250. The number of alkyl halides is 6. The number of benzene rings is 1. The maximum absolute atomic E-state index is 12.6. The van der Waals surface area contributed by atoms with Crippen LogP contribution in [0.4, 0.5) is 26.3 Å². The van der Waals surface area contributed by atoms with Crippen LogP contribution in [-0.2, 0) is 21.4 Å². The van der Waals surface area contributed by atoms with Crippen molar-refractivity contribution in [2.24, 2.45) is 0 Å². The average molecular weight is 439 g/mol. The summed E-state index contributed by atoms with van der Waals surface area (Å²) in [5.41, 5.74) is -3.24. The van der Waals surface area contributed by atoms with Gasteiger partial charge in [-0.25, -0.2) is 8.42 Å². The molecule has 0 unspecified atom stereocenters. The van der Waals surface area contributed by atoms with E-state index in [1.807, 2.05) is 0 Å². The van der Waals surface area contributed by atoms with E-state index in [0.29, 0.717) is 0 Å². The minimum atomic E-state index is -5.14.